The lowest BCUT2D eigenvalue weighted by Gasteiger charge is -2.31. The van der Waals surface area contributed by atoms with Gasteiger partial charge >= 0.3 is 0 Å². The summed E-state index contributed by atoms with van der Waals surface area (Å²) in [6.07, 6.45) is 3.10. The number of nitrogens with one attached hydrogen (secondary N) is 1. The zero-order chi connectivity index (χ0) is 26.5. The Kier molecular flexibility index (Phi) is 12.9. The second kappa shape index (κ2) is 15.6. The zero-order valence-electron chi connectivity index (χ0n) is 21.7. The molecule has 0 saturated carbocycles. The second-order valence-electron chi connectivity index (χ2n) is 8.47. The average Bonchev–Trinajstić information content (AvgIpc) is 2.85. The molecule has 6 nitrogen and oxygen atoms in total. The van der Waals surface area contributed by atoms with Gasteiger partial charge in [-0.05, 0) is 68.5 Å². The zero-order valence-corrected chi connectivity index (χ0v) is 23.3. The molecule has 0 aromatic heterocycles. The van der Waals surface area contributed by atoms with Crippen molar-refractivity contribution in [1.29, 1.82) is 0 Å². The first-order valence-corrected chi connectivity index (χ1v) is 13.5. The molecule has 0 unspecified atom stereocenters. The van der Waals surface area contributed by atoms with E-state index in [1.807, 2.05) is 39.0 Å². The van der Waals surface area contributed by atoms with E-state index in [4.69, 9.17) is 32.7 Å². The molecule has 2 aromatic rings. The number of halogens is 2. The minimum atomic E-state index is -0.597. The highest BCUT2D eigenvalue weighted by molar-refractivity contribution is 6.35. The predicted octanol–water partition coefficient (Wildman–Crippen LogP) is 6.45. The molecule has 36 heavy (non-hydrogen) atoms. The summed E-state index contributed by atoms with van der Waals surface area (Å²) in [5.74, 6) is 1.08. The van der Waals surface area contributed by atoms with Crippen LogP contribution >= 0.6 is 23.2 Å². The Morgan fingerprint density at radius 3 is 2.33 bits per heavy atom. The second-order valence-corrected chi connectivity index (χ2v) is 9.32. The van der Waals surface area contributed by atoms with Crippen LogP contribution in [0, 0.1) is 0 Å². The highest BCUT2D eigenvalue weighted by Crippen LogP contribution is 2.29. The number of hydrogen-bond donors (Lipinski definition) is 1. The topological polar surface area (TPSA) is 67.9 Å². The van der Waals surface area contributed by atoms with Gasteiger partial charge in [-0.25, -0.2) is 0 Å². The van der Waals surface area contributed by atoms with Gasteiger partial charge in [0, 0.05) is 29.6 Å². The molecule has 2 aromatic carbocycles. The Morgan fingerprint density at radius 1 is 0.972 bits per heavy atom. The van der Waals surface area contributed by atoms with Crippen molar-refractivity contribution < 1.29 is 19.1 Å². The van der Waals surface area contributed by atoms with Crippen molar-refractivity contribution in [1.82, 2.24) is 10.2 Å². The van der Waals surface area contributed by atoms with Gasteiger partial charge in [0.1, 0.15) is 6.04 Å². The van der Waals surface area contributed by atoms with E-state index in [0.717, 1.165) is 24.0 Å². The summed E-state index contributed by atoms with van der Waals surface area (Å²) in [6.45, 7) is 9.69. The van der Waals surface area contributed by atoms with Gasteiger partial charge in [0.05, 0.1) is 13.2 Å². The van der Waals surface area contributed by atoms with Crippen LogP contribution in [0.15, 0.2) is 36.4 Å². The third kappa shape index (κ3) is 8.90. The molecule has 2 amide bonds. The lowest BCUT2D eigenvalue weighted by molar-refractivity contribution is -0.141. The Labute approximate surface area is 225 Å². The molecular formula is C28H38Cl2N2O4. The van der Waals surface area contributed by atoms with E-state index in [2.05, 4.69) is 12.2 Å². The van der Waals surface area contributed by atoms with Crippen molar-refractivity contribution in [3.05, 3.63) is 57.6 Å². The normalized spacial score (nSPS) is 11.6. The summed E-state index contributed by atoms with van der Waals surface area (Å²) < 4.78 is 11.4. The molecule has 0 heterocycles. The van der Waals surface area contributed by atoms with Crippen molar-refractivity contribution >= 4 is 35.0 Å². The van der Waals surface area contributed by atoms with Gasteiger partial charge in [0.2, 0.25) is 11.8 Å². The maximum Gasteiger partial charge on any atom is 0.242 e. The first kappa shape index (κ1) is 29.8. The van der Waals surface area contributed by atoms with Gasteiger partial charge < -0.3 is 19.7 Å². The first-order chi connectivity index (χ1) is 17.3. The van der Waals surface area contributed by atoms with Crippen molar-refractivity contribution in [2.24, 2.45) is 0 Å². The molecule has 0 saturated heterocycles. The van der Waals surface area contributed by atoms with Crippen LogP contribution in [0.2, 0.25) is 10.0 Å². The van der Waals surface area contributed by atoms with Crippen molar-refractivity contribution in [2.75, 3.05) is 19.8 Å². The van der Waals surface area contributed by atoms with Crippen LogP contribution in [0.3, 0.4) is 0 Å². The molecule has 0 bridgehead atoms. The molecule has 8 heteroatoms. The van der Waals surface area contributed by atoms with Crippen LogP contribution in [-0.4, -0.2) is 42.5 Å². The molecule has 0 radical (unpaired) electrons. The van der Waals surface area contributed by atoms with Crippen LogP contribution in [0.1, 0.15) is 64.5 Å². The quantitative estimate of drug-likeness (QED) is 0.265. The Hall–Kier alpha value is -2.44. The molecule has 0 aliphatic rings. The summed E-state index contributed by atoms with van der Waals surface area (Å²) in [6, 6.07) is 10.3. The lowest BCUT2D eigenvalue weighted by atomic mass is 10.1. The Bertz CT molecular complexity index is 1000. The molecular weight excluding hydrogens is 499 g/mol. The number of carbonyl (C=O) groups is 2. The Balaban J connectivity index is 2.24. The molecule has 198 valence electrons. The average molecular weight is 538 g/mol. The van der Waals surface area contributed by atoms with E-state index in [1.165, 1.54) is 0 Å². The number of unbranched alkanes of at least 4 members (excludes halogenated alkanes) is 1. The minimum absolute atomic E-state index is 0.120. The summed E-state index contributed by atoms with van der Waals surface area (Å²) in [7, 11) is 0. The van der Waals surface area contributed by atoms with Crippen LogP contribution in [0.5, 0.6) is 11.5 Å². The molecule has 1 N–H and O–H groups in total. The van der Waals surface area contributed by atoms with Crippen LogP contribution in [0.4, 0.5) is 0 Å². The van der Waals surface area contributed by atoms with Gasteiger partial charge in [-0.2, -0.15) is 0 Å². The third-order valence-electron chi connectivity index (χ3n) is 5.81. The number of aryl methyl sites for hydroxylation is 1. The van der Waals surface area contributed by atoms with E-state index in [0.29, 0.717) is 54.1 Å². The summed E-state index contributed by atoms with van der Waals surface area (Å²) in [5.41, 5.74) is 1.70. The number of amides is 2. The fourth-order valence-corrected chi connectivity index (χ4v) is 4.37. The first-order valence-electron chi connectivity index (χ1n) is 12.7. The summed E-state index contributed by atoms with van der Waals surface area (Å²) in [5, 5.41) is 3.96. The van der Waals surface area contributed by atoms with Gasteiger partial charge in [-0.3, -0.25) is 9.59 Å². The predicted molar refractivity (Wildman–Crippen MR) is 146 cm³/mol. The van der Waals surface area contributed by atoms with Gasteiger partial charge in [0.25, 0.3) is 0 Å². The molecule has 0 fully saturated rings. The lowest BCUT2D eigenvalue weighted by Crippen LogP contribution is -2.49. The maximum absolute atomic E-state index is 13.5. The van der Waals surface area contributed by atoms with Crippen molar-refractivity contribution in [3.63, 3.8) is 0 Å². The van der Waals surface area contributed by atoms with E-state index in [9.17, 15) is 9.59 Å². The number of hydrogen-bond acceptors (Lipinski definition) is 4. The van der Waals surface area contributed by atoms with E-state index >= 15 is 0 Å². The number of benzene rings is 2. The monoisotopic (exact) mass is 536 g/mol. The number of ether oxygens (including phenoxy) is 2. The standard InChI is InChI=1S/C28H38Cl2N2O4/c1-5-9-16-31-28(34)24(6-2)32(19-21-12-13-22(29)18-23(21)30)27(33)15-11-20-10-14-25(35-7-3)26(17-20)36-8-4/h10,12-14,17-18,24H,5-9,11,15-16,19H2,1-4H3,(H,31,34)/t24-/m0/s1. The third-order valence-corrected chi connectivity index (χ3v) is 6.39. The van der Waals surface area contributed by atoms with Crippen LogP contribution in [0.25, 0.3) is 0 Å². The fourth-order valence-electron chi connectivity index (χ4n) is 3.91. The number of nitrogens with zero attached hydrogens (tertiary/aromatic N) is 1. The maximum atomic E-state index is 13.5. The van der Waals surface area contributed by atoms with Crippen molar-refractivity contribution in [2.45, 2.75) is 72.4 Å². The highest BCUT2D eigenvalue weighted by Gasteiger charge is 2.28. The fraction of sp³-hybridized carbons (Fsp3) is 0.500. The Morgan fingerprint density at radius 2 is 1.69 bits per heavy atom. The number of carbonyl (C=O) groups excluding carboxylic acids is 2. The molecule has 0 aliphatic heterocycles. The number of rotatable bonds is 15. The summed E-state index contributed by atoms with van der Waals surface area (Å²) in [4.78, 5) is 28.2. The van der Waals surface area contributed by atoms with Gasteiger partial charge in [-0.1, -0.05) is 55.6 Å². The largest absolute Gasteiger partial charge is 0.490 e. The van der Waals surface area contributed by atoms with Crippen LogP contribution in [-0.2, 0) is 22.6 Å². The minimum Gasteiger partial charge on any atom is -0.490 e. The molecule has 0 spiro atoms. The van der Waals surface area contributed by atoms with E-state index < -0.39 is 6.04 Å². The van der Waals surface area contributed by atoms with Crippen molar-refractivity contribution in [3.8, 4) is 11.5 Å². The molecule has 0 aliphatic carbocycles. The molecule has 1 atom stereocenters. The van der Waals surface area contributed by atoms with Gasteiger partial charge in [-0.15, -0.1) is 0 Å². The highest BCUT2D eigenvalue weighted by atomic mass is 35.5. The smallest absolute Gasteiger partial charge is 0.242 e. The van der Waals surface area contributed by atoms with Crippen LogP contribution < -0.4 is 14.8 Å². The molecule has 2 rings (SSSR count). The van der Waals surface area contributed by atoms with Gasteiger partial charge in [0.15, 0.2) is 11.5 Å². The van der Waals surface area contributed by atoms with E-state index in [1.54, 1.807) is 23.1 Å². The van der Waals surface area contributed by atoms with E-state index in [-0.39, 0.29) is 24.8 Å². The SMILES string of the molecule is CCCCNC(=O)[C@H](CC)N(Cc1ccc(Cl)cc1Cl)C(=O)CCc1ccc(OCC)c(OCC)c1. The summed E-state index contributed by atoms with van der Waals surface area (Å²) >= 11 is 12.5.